The van der Waals surface area contributed by atoms with Crippen molar-refractivity contribution in [3.8, 4) is 17.4 Å². The summed E-state index contributed by atoms with van der Waals surface area (Å²) < 4.78 is 3.41. The predicted molar refractivity (Wildman–Crippen MR) is 323 cm³/mol. The number of benzene rings is 6. The Kier molecular flexibility index (Phi) is 26.2. The molecular weight excluding hydrogens is 997 g/mol. The molecule has 0 saturated heterocycles. The molecule has 2 fully saturated rings. The Bertz CT molecular complexity index is 3220. The third-order valence-electron chi connectivity index (χ3n) is 14.4. The molecule has 2 aromatic heterocycles. The van der Waals surface area contributed by atoms with Gasteiger partial charge in [0.25, 0.3) is 0 Å². The van der Waals surface area contributed by atoms with Crippen molar-refractivity contribution in [2.24, 2.45) is 29.0 Å². The van der Waals surface area contributed by atoms with Gasteiger partial charge in [-0.2, -0.15) is 15.5 Å². The van der Waals surface area contributed by atoms with Gasteiger partial charge < -0.3 is 23.9 Å². The summed E-state index contributed by atoms with van der Waals surface area (Å²) >= 11 is 0. The van der Waals surface area contributed by atoms with Crippen molar-refractivity contribution < 1.29 is 40.6 Å². The zero-order valence-electron chi connectivity index (χ0n) is 47.4. The van der Waals surface area contributed by atoms with Crippen molar-refractivity contribution >= 4 is 20.0 Å². The zero-order chi connectivity index (χ0) is 53.9. The minimum absolute atomic E-state index is 0. The maximum atomic E-state index is 13.5. The first-order valence-corrected chi connectivity index (χ1v) is 27.5. The first kappa shape index (κ1) is 64.3. The van der Waals surface area contributed by atoms with Gasteiger partial charge in [0.2, 0.25) is 0 Å². The van der Waals surface area contributed by atoms with Gasteiger partial charge >= 0.3 is 29.6 Å². The minimum Gasteiger partial charge on any atom is -1.00 e. The number of nitrogens with two attached hydrogens (primary N) is 3. The predicted octanol–water partition coefficient (Wildman–Crippen LogP) is 9.05. The summed E-state index contributed by atoms with van der Waals surface area (Å²) in [5.41, 5.74) is 29.3. The van der Waals surface area contributed by atoms with Gasteiger partial charge in [0, 0.05) is 65.8 Å². The van der Waals surface area contributed by atoms with Crippen molar-refractivity contribution in [3.05, 3.63) is 237 Å². The first-order valence-electron chi connectivity index (χ1n) is 27.5. The molecule has 7 N–H and O–H groups in total. The molecule has 13 heteroatoms. The van der Waals surface area contributed by atoms with Crippen LogP contribution in [0, 0.1) is 37.0 Å². The van der Waals surface area contributed by atoms with Crippen molar-refractivity contribution in [2.75, 3.05) is 26.2 Å². The molecule has 0 amide bonds. The van der Waals surface area contributed by atoms with E-state index in [1.165, 1.54) is 60.8 Å². The van der Waals surface area contributed by atoms with Gasteiger partial charge in [0.05, 0.1) is 34.4 Å². The van der Waals surface area contributed by atoms with Crippen LogP contribution in [0.3, 0.4) is 0 Å². The van der Waals surface area contributed by atoms with Crippen LogP contribution < -0.4 is 52.1 Å². The molecular formula is C67H80BN9NaO2. The van der Waals surface area contributed by atoms with Gasteiger partial charge in [-0.25, -0.2) is 9.36 Å². The monoisotopic (exact) mass is 1080 g/mol. The number of Topliss-reactive ketones (excluding diaryl/α,β-unsaturated/α-hetero) is 2. The Labute approximate surface area is 501 Å². The number of ketones is 2. The summed E-state index contributed by atoms with van der Waals surface area (Å²) in [4.78, 5) is 26.9. The molecule has 2 heterocycles. The second kappa shape index (κ2) is 32.7. The van der Waals surface area contributed by atoms with Gasteiger partial charge in [-0.3, -0.25) is 9.59 Å². The van der Waals surface area contributed by atoms with Crippen molar-refractivity contribution in [1.29, 1.82) is 5.26 Å². The SMILES string of the molecule is C.Cc1cc(C(=O)Cc2cccc(C(CCC3CC3)c3ccccc3)c2)n(-c2cccc(C#N)c2)n1.Cc1cc(C(=O)Cc2cccc(C(CCC3CC3)c3ccccc3)c2)n(-c2cccc(CN)c2)n1.NCCNCCN.[B].[H-].[Na+]. The summed E-state index contributed by atoms with van der Waals surface area (Å²) in [6.07, 6.45) is 10.9. The zero-order valence-corrected chi connectivity index (χ0v) is 48.4. The van der Waals surface area contributed by atoms with Crippen LogP contribution in [-0.4, -0.2) is 65.7 Å². The van der Waals surface area contributed by atoms with Gasteiger partial charge in [-0.1, -0.05) is 161 Å². The van der Waals surface area contributed by atoms with Crippen LogP contribution >= 0.6 is 0 Å². The van der Waals surface area contributed by atoms with Crippen LogP contribution in [-0.2, 0) is 19.4 Å². The normalized spacial score (nSPS) is 13.1. The quantitative estimate of drug-likeness (QED) is 0.0276. The van der Waals surface area contributed by atoms with E-state index < -0.39 is 0 Å². The third-order valence-corrected chi connectivity index (χ3v) is 14.4. The molecule has 8 aromatic rings. The molecule has 2 atom stereocenters. The fourth-order valence-corrected chi connectivity index (χ4v) is 10.1. The second-order valence-corrected chi connectivity index (χ2v) is 20.7. The number of hydrogen-bond donors (Lipinski definition) is 4. The van der Waals surface area contributed by atoms with E-state index in [1.807, 2.05) is 68.4 Å². The molecule has 0 spiro atoms. The van der Waals surface area contributed by atoms with E-state index in [2.05, 4.69) is 125 Å². The maximum Gasteiger partial charge on any atom is 1.00 e. The molecule has 80 heavy (non-hydrogen) atoms. The van der Waals surface area contributed by atoms with Gasteiger partial charge in [0.15, 0.2) is 11.6 Å². The Morgan fingerprint density at radius 2 is 0.988 bits per heavy atom. The number of nitrogens with zero attached hydrogens (tertiary/aromatic N) is 5. The molecule has 0 aliphatic heterocycles. The number of aromatic nitrogens is 4. The van der Waals surface area contributed by atoms with Gasteiger partial charge in [-0.15, -0.1) is 0 Å². The number of hydrogen-bond acceptors (Lipinski definition) is 9. The van der Waals surface area contributed by atoms with Crippen LogP contribution in [0.25, 0.3) is 11.4 Å². The molecule has 6 aromatic carbocycles. The molecule has 2 aliphatic rings. The summed E-state index contributed by atoms with van der Waals surface area (Å²) in [7, 11) is 0. The van der Waals surface area contributed by atoms with Crippen LogP contribution in [0.15, 0.2) is 170 Å². The van der Waals surface area contributed by atoms with Crippen LogP contribution in [0.5, 0.6) is 0 Å². The molecule has 2 unspecified atom stereocenters. The number of carbonyl (C=O) groups is 2. The second-order valence-electron chi connectivity index (χ2n) is 20.7. The number of nitrogens with one attached hydrogen (secondary N) is 1. The maximum absolute atomic E-state index is 13.5. The molecule has 0 bridgehead atoms. The summed E-state index contributed by atoms with van der Waals surface area (Å²) in [5, 5.41) is 21.4. The van der Waals surface area contributed by atoms with E-state index in [0.29, 0.717) is 61.3 Å². The number of nitriles is 1. The molecule has 409 valence electrons. The third kappa shape index (κ3) is 18.8. The Hall–Kier alpha value is -6.53. The number of rotatable bonds is 23. The van der Waals surface area contributed by atoms with E-state index in [-0.39, 0.29) is 58.4 Å². The van der Waals surface area contributed by atoms with Crippen molar-refractivity contribution in [1.82, 2.24) is 24.9 Å². The topological polar surface area (TPSA) is 184 Å². The largest absolute Gasteiger partial charge is 1.00 e. The van der Waals surface area contributed by atoms with Crippen molar-refractivity contribution in [2.45, 2.75) is 104 Å². The standard InChI is InChI=1S/C31H33N3O.C31H29N3O.C4H13N3.CH4.B.Na.H/c2*1-22-17-30(34(33-22)28-12-6-8-25(19-28)21-32)31(35)20-24-7-5-11-27(18-24)29(16-15-23-13-14-23)26-9-3-2-4-10-26;5-1-3-7-4-2-6;;;;/h2-12,17-19,23,29H,13-16,20-21,32H2,1H3;2-12,17-19,23,29H,13-16,20H2,1H3;7H,1-6H2;1H4;;;/q;;;;;+1;-1. The van der Waals surface area contributed by atoms with E-state index in [9.17, 15) is 14.9 Å². The average Bonchev–Trinajstić information content (AvgIpc) is 4.42. The molecule has 11 nitrogen and oxygen atoms in total. The fraction of sp³-hybridized carbons (Fsp3) is 0.328. The number of aryl methyl sites for hydroxylation is 2. The van der Waals surface area contributed by atoms with Crippen LogP contribution in [0.1, 0.15) is 149 Å². The Morgan fingerprint density at radius 1 is 0.575 bits per heavy atom. The van der Waals surface area contributed by atoms with E-state index >= 15 is 0 Å². The summed E-state index contributed by atoms with van der Waals surface area (Å²) in [6.45, 7) is 7.39. The van der Waals surface area contributed by atoms with E-state index in [4.69, 9.17) is 17.2 Å². The summed E-state index contributed by atoms with van der Waals surface area (Å²) in [6, 6.07) is 59.5. The minimum atomic E-state index is 0. The van der Waals surface area contributed by atoms with Gasteiger partial charge in [0.1, 0.15) is 11.4 Å². The average molecular weight is 1080 g/mol. The van der Waals surface area contributed by atoms with E-state index in [1.54, 1.807) is 21.5 Å². The molecule has 3 radical (unpaired) electrons. The van der Waals surface area contributed by atoms with Crippen LogP contribution in [0.2, 0.25) is 0 Å². The van der Waals surface area contributed by atoms with E-state index in [0.717, 1.165) is 77.2 Å². The molecule has 2 aliphatic carbocycles. The molecule has 2 saturated carbocycles. The summed E-state index contributed by atoms with van der Waals surface area (Å²) in [5.74, 6) is 2.56. The Balaban J connectivity index is 0.000000298. The fourth-order valence-electron chi connectivity index (χ4n) is 10.1. The first-order chi connectivity index (χ1) is 37.6. The van der Waals surface area contributed by atoms with Gasteiger partial charge in [-0.05, 0) is 133 Å². The Morgan fingerprint density at radius 3 is 1.41 bits per heavy atom. The van der Waals surface area contributed by atoms with Crippen molar-refractivity contribution in [3.63, 3.8) is 0 Å². The number of carbonyl (C=O) groups excluding carboxylic acids is 2. The van der Waals surface area contributed by atoms with Crippen LogP contribution in [0.4, 0.5) is 0 Å². The molecule has 10 rings (SSSR count). The smallest absolute Gasteiger partial charge is 1.00 e.